The monoisotopic (exact) mass is 234 g/mol. The maximum absolute atomic E-state index is 11.4. The van der Waals surface area contributed by atoms with Gasteiger partial charge < -0.3 is 5.11 Å². The second-order valence-corrected chi connectivity index (χ2v) is 3.82. The second-order valence-electron chi connectivity index (χ2n) is 3.82. The van der Waals surface area contributed by atoms with Crippen LogP contribution in [0.4, 0.5) is 0 Å². The van der Waals surface area contributed by atoms with Gasteiger partial charge in [-0.25, -0.2) is 5.84 Å². The Morgan fingerprint density at radius 2 is 2.24 bits per heavy atom. The van der Waals surface area contributed by atoms with Gasteiger partial charge in [-0.1, -0.05) is 18.2 Å². The number of phenols is 1. The lowest BCUT2D eigenvalue weighted by Crippen LogP contribution is -2.30. The minimum Gasteiger partial charge on any atom is -0.507 e. The Balaban J connectivity index is 2.73. The first-order valence-corrected chi connectivity index (χ1v) is 5.63. The van der Waals surface area contributed by atoms with Crippen molar-refractivity contribution in [2.45, 2.75) is 25.7 Å². The molecule has 0 spiro atoms. The van der Waals surface area contributed by atoms with Crippen LogP contribution in [0.1, 0.15) is 35.2 Å². The van der Waals surface area contributed by atoms with Crippen molar-refractivity contribution >= 4 is 5.91 Å². The van der Waals surface area contributed by atoms with E-state index in [9.17, 15) is 9.90 Å². The Kier molecular flexibility index (Phi) is 5.23. The molecule has 4 nitrogen and oxygen atoms in total. The number of nitrogens with one attached hydrogen (secondary N) is 1. The zero-order valence-corrected chi connectivity index (χ0v) is 9.78. The first kappa shape index (κ1) is 13.3. The molecule has 1 amide bonds. The highest BCUT2D eigenvalue weighted by atomic mass is 16.3. The summed E-state index contributed by atoms with van der Waals surface area (Å²) in [6.45, 7) is 3.65. The van der Waals surface area contributed by atoms with Gasteiger partial charge in [0.1, 0.15) is 5.75 Å². The maximum Gasteiger partial charge on any atom is 0.268 e. The van der Waals surface area contributed by atoms with E-state index in [2.05, 4.69) is 6.58 Å². The Morgan fingerprint density at radius 3 is 2.88 bits per heavy atom. The Morgan fingerprint density at radius 1 is 1.47 bits per heavy atom. The molecule has 0 fully saturated rings. The van der Waals surface area contributed by atoms with E-state index in [-0.39, 0.29) is 11.3 Å². The highest BCUT2D eigenvalue weighted by Gasteiger charge is 2.12. The fourth-order valence-corrected chi connectivity index (χ4v) is 1.66. The van der Waals surface area contributed by atoms with Crippen molar-refractivity contribution in [2.75, 3.05) is 0 Å². The number of hydrazine groups is 1. The first-order valence-electron chi connectivity index (χ1n) is 5.63. The van der Waals surface area contributed by atoms with Gasteiger partial charge in [0.2, 0.25) is 0 Å². The summed E-state index contributed by atoms with van der Waals surface area (Å²) in [7, 11) is 0. The molecule has 92 valence electrons. The standard InChI is InChI=1S/C13H18N2O2/c1-2-3-4-5-7-10-8-6-9-11(12(10)16)13(17)15-14/h2,6,8-9,16H,1,3-5,7,14H2,(H,15,17). The molecule has 0 saturated heterocycles. The highest BCUT2D eigenvalue weighted by Crippen LogP contribution is 2.24. The SMILES string of the molecule is C=CCCCCc1cccc(C(=O)NN)c1O. The number of phenolic OH excluding ortho intramolecular Hbond substituents is 1. The summed E-state index contributed by atoms with van der Waals surface area (Å²) >= 11 is 0. The van der Waals surface area contributed by atoms with Crippen LogP contribution in [0.3, 0.4) is 0 Å². The number of aryl methyl sites for hydroxylation is 1. The number of carbonyl (C=O) groups excluding carboxylic acids is 1. The van der Waals surface area contributed by atoms with Crippen LogP contribution in [0.25, 0.3) is 0 Å². The number of aromatic hydroxyl groups is 1. The Bertz CT molecular complexity index is 402. The molecule has 0 bridgehead atoms. The van der Waals surface area contributed by atoms with E-state index < -0.39 is 5.91 Å². The lowest BCUT2D eigenvalue weighted by Gasteiger charge is -2.08. The number of hydrogen-bond acceptors (Lipinski definition) is 3. The van der Waals surface area contributed by atoms with Crippen molar-refractivity contribution < 1.29 is 9.90 Å². The van der Waals surface area contributed by atoms with Crippen LogP contribution in [-0.2, 0) is 6.42 Å². The third-order valence-electron chi connectivity index (χ3n) is 2.60. The van der Waals surface area contributed by atoms with Crippen LogP contribution in [-0.4, -0.2) is 11.0 Å². The normalized spacial score (nSPS) is 9.94. The molecule has 0 heterocycles. The Labute approximate surface area is 101 Å². The summed E-state index contributed by atoms with van der Waals surface area (Å²) in [5.74, 6) is 4.59. The topological polar surface area (TPSA) is 75.4 Å². The second kappa shape index (κ2) is 6.70. The van der Waals surface area contributed by atoms with Crippen molar-refractivity contribution in [1.82, 2.24) is 5.43 Å². The van der Waals surface area contributed by atoms with E-state index in [1.165, 1.54) is 0 Å². The molecule has 0 aliphatic rings. The van der Waals surface area contributed by atoms with Crippen molar-refractivity contribution in [3.8, 4) is 5.75 Å². The third-order valence-corrected chi connectivity index (χ3v) is 2.60. The summed E-state index contributed by atoms with van der Waals surface area (Å²) in [6, 6.07) is 5.11. The number of rotatable bonds is 6. The smallest absolute Gasteiger partial charge is 0.268 e. The molecular formula is C13H18N2O2. The van der Waals surface area contributed by atoms with E-state index in [4.69, 9.17) is 5.84 Å². The van der Waals surface area contributed by atoms with Gasteiger partial charge in [0.15, 0.2) is 0 Å². The number of nitrogens with two attached hydrogens (primary N) is 1. The van der Waals surface area contributed by atoms with Gasteiger partial charge in [-0.3, -0.25) is 10.2 Å². The number of amides is 1. The third kappa shape index (κ3) is 3.60. The lowest BCUT2D eigenvalue weighted by atomic mass is 10.0. The maximum atomic E-state index is 11.4. The number of allylic oxidation sites excluding steroid dienone is 1. The molecule has 0 aromatic heterocycles. The first-order chi connectivity index (χ1) is 8.20. The average molecular weight is 234 g/mol. The molecule has 4 heteroatoms. The average Bonchev–Trinajstić information content (AvgIpc) is 2.35. The molecule has 0 saturated carbocycles. The van der Waals surface area contributed by atoms with Crippen LogP contribution >= 0.6 is 0 Å². The molecule has 0 unspecified atom stereocenters. The predicted molar refractivity (Wildman–Crippen MR) is 67.5 cm³/mol. The molecule has 0 aliphatic heterocycles. The van der Waals surface area contributed by atoms with Crippen LogP contribution in [0.2, 0.25) is 0 Å². The zero-order valence-electron chi connectivity index (χ0n) is 9.78. The van der Waals surface area contributed by atoms with Crippen LogP contribution in [0, 0.1) is 0 Å². The minimum atomic E-state index is -0.476. The summed E-state index contributed by atoms with van der Waals surface area (Å²) in [6.07, 6.45) is 5.55. The van der Waals surface area contributed by atoms with Crippen molar-refractivity contribution in [3.63, 3.8) is 0 Å². The molecule has 1 aromatic rings. The predicted octanol–water partition coefficient (Wildman–Crippen LogP) is 1.89. The van der Waals surface area contributed by atoms with E-state index in [0.717, 1.165) is 31.2 Å². The molecule has 0 radical (unpaired) electrons. The number of nitrogen functional groups attached to an aromatic ring is 1. The number of para-hydroxylation sites is 1. The van der Waals surface area contributed by atoms with Gasteiger partial charge in [-0.15, -0.1) is 6.58 Å². The molecule has 1 rings (SSSR count). The van der Waals surface area contributed by atoms with E-state index >= 15 is 0 Å². The van der Waals surface area contributed by atoms with Gasteiger partial charge in [0.25, 0.3) is 5.91 Å². The van der Waals surface area contributed by atoms with Gasteiger partial charge in [0.05, 0.1) is 5.56 Å². The quantitative estimate of drug-likeness (QED) is 0.231. The van der Waals surface area contributed by atoms with Crippen LogP contribution in [0.5, 0.6) is 5.75 Å². The molecule has 1 aromatic carbocycles. The fourth-order valence-electron chi connectivity index (χ4n) is 1.66. The largest absolute Gasteiger partial charge is 0.507 e. The van der Waals surface area contributed by atoms with Crippen LogP contribution < -0.4 is 11.3 Å². The molecule has 17 heavy (non-hydrogen) atoms. The van der Waals surface area contributed by atoms with E-state index in [0.29, 0.717) is 0 Å². The highest BCUT2D eigenvalue weighted by molar-refractivity contribution is 5.96. The fraction of sp³-hybridized carbons (Fsp3) is 0.308. The zero-order chi connectivity index (χ0) is 12.7. The van der Waals surface area contributed by atoms with E-state index in [1.54, 1.807) is 12.1 Å². The Hall–Kier alpha value is -1.81. The summed E-state index contributed by atoms with van der Waals surface area (Å²) in [5, 5.41) is 9.91. The number of hydrogen-bond donors (Lipinski definition) is 3. The number of carbonyl (C=O) groups is 1. The molecule has 4 N–H and O–H groups in total. The van der Waals surface area contributed by atoms with Crippen LogP contribution in [0.15, 0.2) is 30.9 Å². The van der Waals surface area contributed by atoms with Crippen molar-refractivity contribution in [3.05, 3.63) is 42.0 Å². The lowest BCUT2D eigenvalue weighted by molar-refractivity contribution is 0.0951. The molecule has 0 aliphatic carbocycles. The summed E-state index contributed by atoms with van der Waals surface area (Å²) in [4.78, 5) is 11.4. The summed E-state index contributed by atoms with van der Waals surface area (Å²) in [5.41, 5.74) is 3.00. The number of unbranched alkanes of at least 4 members (excludes halogenated alkanes) is 2. The summed E-state index contributed by atoms with van der Waals surface area (Å²) < 4.78 is 0. The van der Waals surface area contributed by atoms with Gasteiger partial charge in [-0.05, 0) is 37.3 Å². The molecular weight excluding hydrogens is 216 g/mol. The number of benzene rings is 1. The van der Waals surface area contributed by atoms with Crippen molar-refractivity contribution in [2.24, 2.45) is 5.84 Å². The molecule has 0 atom stereocenters. The van der Waals surface area contributed by atoms with Gasteiger partial charge in [0, 0.05) is 0 Å². The van der Waals surface area contributed by atoms with E-state index in [1.807, 2.05) is 17.6 Å². The van der Waals surface area contributed by atoms with Gasteiger partial charge >= 0.3 is 0 Å². The van der Waals surface area contributed by atoms with Crippen molar-refractivity contribution in [1.29, 1.82) is 0 Å². The van der Waals surface area contributed by atoms with Gasteiger partial charge in [-0.2, -0.15) is 0 Å². The minimum absolute atomic E-state index is 0.0223.